The molecule has 0 saturated carbocycles. The maximum Gasteiger partial charge on any atom is 0.164 e. The van der Waals surface area contributed by atoms with Crippen LogP contribution in [0.25, 0.3) is 0 Å². The number of benzene rings is 2. The van der Waals surface area contributed by atoms with Gasteiger partial charge in [-0.3, -0.25) is 9.69 Å². The number of halogens is 1. The molecule has 4 heteroatoms. The van der Waals surface area contributed by atoms with Crippen LogP contribution in [0.4, 0.5) is 5.69 Å². The van der Waals surface area contributed by atoms with Crippen molar-refractivity contribution in [1.29, 1.82) is 0 Å². The van der Waals surface area contributed by atoms with Gasteiger partial charge in [0.25, 0.3) is 0 Å². The fourth-order valence-electron chi connectivity index (χ4n) is 3.16. The number of aryl methyl sites for hydroxylation is 1. The summed E-state index contributed by atoms with van der Waals surface area (Å²) >= 11 is 0. The number of Topliss-reactive ketones (excluding diaryl/α,β-unsaturated/α-hetero) is 1. The number of ketones is 1. The third-order valence-electron chi connectivity index (χ3n) is 4.58. The van der Waals surface area contributed by atoms with Gasteiger partial charge in [-0.05, 0) is 18.6 Å². The van der Waals surface area contributed by atoms with Gasteiger partial charge in [0.15, 0.2) is 5.78 Å². The Morgan fingerprint density at radius 2 is 1.54 bits per heavy atom. The van der Waals surface area contributed by atoms with Gasteiger partial charge in [-0.2, -0.15) is 0 Å². The Bertz CT molecular complexity index is 652. The molecule has 2 aromatic rings. The molecule has 0 atom stereocenters. The van der Waals surface area contributed by atoms with Gasteiger partial charge in [-0.15, -0.1) is 12.4 Å². The van der Waals surface area contributed by atoms with Gasteiger partial charge in [0.05, 0.1) is 0 Å². The fourth-order valence-corrected chi connectivity index (χ4v) is 3.16. The number of carbonyl (C=O) groups excluding carboxylic acids is 1. The van der Waals surface area contributed by atoms with Crippen molar-refractivity contribution in [2.24, 2.45) is 0 Å². The Morgan fingerprint density at radius 3 is 2.21 bits per heavy atom. The second-order valence-electron chi connectivity index (χ2n) is 6.15. The third kappa shape index (κ3) is 4.59. The smallest absolute Gasteiger partial charge is 0.164 e. The van der Waals surface area contributed by atoms with Gasteiger partial charge in [0.1, 0.15) is 0 Å². The van der Waals surface area contributed by atoms with Crippen molar-refractivity contribution in [3.8, 4) is 0 Å². The SMILES string of the molecule is Cc1ccccc1N1CCN(CCC(=O)c2ccccc2)CC1.Cl. The number of nitrogens with zero attached hydrogens (tertiary/aromatic N) is 2. The van der Waals surface area contributed by atoms with Crippen LogP contribution in [0.3, 0.4) is 0 Å². The summed E-state index contributed by atoms with van der Waals surface area (Å²) in [6.45, 7) is 7.14. The Morgan fingerprint density at radius 1 is 0.917 bits per heavy atom. The predicted octanol–water partition coefficient (Wildman–Crippen LogP) is 3.81. The lowest BCUT2D eigenvalue weighted by atomic mass is 10.1. The number of carbonyl (C=O) groups is 1. The number of hydrogen-bond acceptors (Lipinski definition) is 3. The lowest BCUT2D eigenvalue weighted by Crippen LogP contribution is -2.47. The molecular formula is C20H25ClN2O. The Balaban J connectivity index is 0.00000208. The average Bonchev–Trinajstić information content (AvgIpc) is 2.61. The van der Waals surface area contributed by atoms with E-state index in [1.165, 1.54) is 11.3 Å². The van der Waals surface area contributed by atoms with E-state index in [0.29, 0.717) is 6.42 Å². The van der Waals surface area contributed by atoms with E-state index < -0.39 is 0 Å². The van der Waals surface area contributed by atoms with Crippen molar-refractivity contribution in [3.63, 3.8) is 0 Å². The topological polar surface area (TPSA) is 23.6 Å². The first-order valence-electron chi connectivity index (χ1n) is 8.35. The lowest BCUT2D eigenvalue weighted by molar-refractivity contribution is 0.0962. The summed E-state index contributed by atoms with van der Waals surface area (Å²) in [5.41, 5.74) is 3.50. The molecule has 0 unspecified atom stereocenters. The maximum absolute atomic E-state index is 12.2. The molecule has 1 aliphatic rings. The van der Waals surface area contributed by atoms with Crippen LogP contribution in [0, 0.1) is 6.92 Å². The molecule has 3 nitrogen and oxygen atoms in total. The molecule has 1 heterocycles. The average molecular weight is 345 g/mol. The van der Waals surface area contributed by atoms with Crippen LogP contribution in [-0.4, -0.2) is 43.4 Å². The van der Waals surface area contributed by atoms with E-state index in [2.05, 4.69) is 41.0 Å². The zero-order valence-electron chi connectivity index (χ0n) is 14.1. The molecule has 0 amide bonds. The van der Waals surface area contributed by atoms with Crippen LogP contribution in [0.1, 0.15) is 22.3 Å². The van der Waals surface area contributed by atoms with Crippen LogP contribution in [0.5, 0.6) is 0 Å². The minimum atomic E-state index is 0. The number of rotatable bonds is 5. The van der Waals surface area contributed by atoms with E-state index >= 15 is 0 Å². The Hall–Kier alpha value is -1.84. The predicted molar refractivity (Wildman–Crippen MR) is 102 cm³/mol. The summed E-state index contributed by atoms with van der Waals surface area (Å²) in [7, 11) is 0. The summed E-state index contributed by atoms with van der Waals surface area (Å²) in [5.74, 6) is 0.243. The molecule has 3 rings (SSSR count). The van der Waals surface area contributed by atoms with Crippen LogP contribution in [0.2, 0.25) is 0 Å². The first kappa shape index (κ1) is 18.5. The summed E-state index contributed by atoms with van der Waals surface area (Å²) in [4.78, 5) is 17.0. The van der Waals surface area contributed by atoms with Crippen molar-refractivity contribution < 1.29 is 4.79 Å². The minimum absolute atomic E-state index is 0. The normalized spacial score (nSPS) is 15.0. The van der Waals surface area contributed by atoms with Crippen LogP contribution in [0.15, 0.2) is 54.6 Å². The lowest BCUT2D eigenvalue weighted by Gasteiger charge is -2.36. The van der Waals surface area contributed by atoms with Gasteiger partial charge in [0.2, 0.25) is 0 Å². The maximum atomic E-state index is 12.2. The molecule has 1 fully saturated rings. The van der Waals surface area contributed by atoms with Gasteiger partial charge in [-0.25, -0.2) is 0 Å². The van der Waals surface area contributed by atoms with E-state index in [-0.39, 0.29) is 18.2 Å². The second-order valence-corrected chi connectivity index (χ2v) is 6.15. The van der Waals surface area contributed by atoms with Gasteiger partial charge < -0.3 is 4.90 Å². The highest BCUT2D eigenvalue weighted by Gasteiger charge is 2.18. The number of piperazine rings is 1. The van der Waals surface area contributed by atoms with Gasteiger partial charge in [0, 0.05) is 50.4 Å². The van der Waals surface area contributed by atoms with Gasteiger partial charge in [-0.1, -0.05) is 48.5 Å². The fraction of sp³-hybridized carbons (Fsp3) is 0.350. The van der Waals surface area contributed by atoms with Crippen molar-refractivity contribution in [3.05, 3.63) is 65.7 Å². The highest BCUT2D eigenvalue weighted by molar-refractivity contribution is 5.96. The molecule has 0 aliphatic carbocycles. The van der Waals surface area contributed by atoms with Crippen LogP contribution >= 0.6 is 12.4 Å². The molecule has 1 aliphatic heterocycles. The summed E-state index contributed by atoms with van der Waals surface area (Å²) in [6, 6.07) is 18.2. The first-order valence-corrected chi connectivity index (χ1v) is 8.35. The quantitative estimate of drug-likeness (QED) is 0.770. The largest absolute Gasteiger partial charge is 0.369 e. The molecule has 24 heavy (non-hydrogen) atoms. The van der Waals surface area contributed by atoms with Crippen molar-refractivity contribution in [2.75, 3.05) is 37.6 Å². The van der Waals surface area contributed by atoms with Gasteiger partial charge >= 0.3 is 0 Å². The molecule has 128 valence electrons. The molecule has 1 saturated heterocycles. The van der Waals surface area contributed by atoms with E-state index in [1.807, 2.05) is 30.3 Å². The Kier molecular flexibility index (Phi) is 6.83. The first-order chi connectivity index (χ1) is 11.2. The molecule has 0 aromatic heterocycles. The molecular weight excluding hydrogens is 320 g/mol. The zero-order valence-corrected chi connectivity index (χ0v) is 15.0. The monoisotopic (exact) mass is 344 g/mol. The molecule has 0 radical (unpaired) electrons. The Labute approximate surface area is 150 Å². The minimum Gasteiger partial charge on any atom is -0.369 e. The standard InChI is InChI=1S/C20H24N2O.ClH/c1-17-7-5-6-10-19(17)22-15-13-21(14-16-22)12-11-20(23)18-8-3-2-4-9-18;/h2-10H,11-16H2,1H3;1H. The van der Waals surface area contributed by atoms with Crippen molar-refractivity contribution >= 4 is 23.9 Å². The zero-order chi connectivity index (χ0) is 16.1. The number of anilines is 1. The summed E-state index contributed by atoms with van der Waals surface area (Å²) in [5, 5.41) is 0. The summed E-state index contributed by atoms with van der Waals surface area (Å²) in [6.07, 6.45) is 0.606. The van der Waals surface area contributed by atoms with Crippen molar-refractivity contribution in [2.45, 2.75) is 13.3 Å². The molecule has 0 N–H and O–H groups in total. The molecule has 0 spiro atoms. The van der Waals surface area contributed by atoms with Crippen LogP contribution < -0.4 is 4.90 Å². The third-order valence-corrected chi connectivity index (χ3v) is 4.58. The molecule has 0 bridgehead atoms. The van der Waals surface area contributed by atoms with E-state index in [1.54, 1.807) is 0 Å². The van der Waals surface area contributed by atoms with E-state index in [4.69, 9.17) is 0 Å². The summed E-state index contributed by atoms with van der Waals surface area (Å²) < 4.78 is 0. The van der Waals surface area contributed by atoms with E-state index in [0.717, 1.165) is 38.3 Å². The highest BCUT2D eigenvalue weighted by atomic mass is 35.5. The number of para-hydroxylation sites is 1. The van der Waals surface area contributed by atoms with Crippen LogP contribution in [-0.2, 0) is 0 Å². The van der Waals surface area contributed by atoms with Crippen molar-refractivity contribution in [1.82, 2.24) is 4.90 Å². The number of hydrogen-bond donors (Lipinski definition) is 0. The highest BCUT2D eigenvalue weighted by Crippen LogP contribution is 2.20. The second kappa shape index (κ2) is 8.86. The van der Waals surface area contributed by atoms with E-state index in [9.17, 15) is 4.79 Å². The molecule has 2 aromatic carbocycles.